The molecule has 0 unspecified atom stereocenters. The predicted octanol–water partition coefficient (Wildman–Crippen LogP) is 2.50. The summed E-state index contributed by atoms with van der Waals surface area (Å²) >= 11 is 0. The van der Waals surface area contributed by atoms with Gasteiger partial charge in [-0.15, -0.1) is 5.10 Å². The van der Waals surface area contributed by atoms with Crippen LogP contribution in [-0.4, -0.2) is 45.6 Å². The maximum absolute atomic E-state index is 12.8. The number of anilines is 3. The van der Waals surface area contributed by atoms with Gasteiger partial charge < -0.3 is 20.7 Å². The van der Waals surface area contributed by atoms with Gasteiger partial charge in [0, 0.05) is 34.7 Å². The van der Waals surface area contributed by atoms with Crippen LogP contribution in [0.15, 0.2) is 41.6 Å². The molecule has 3 N–H and O–H groups in total. The lowest BCUT2D eigenvalue weighted by atomic mass is 10.1. The average Bonchev–Trinajstić information content (AvgIpc) is 3.77. The number of methoxy groups -OCH3 is 1. The molecular formula is C24H25N7O4. The lowest BCUT2D eigenvalue weighted by molar-refractivity contribution is -0.117. The quantitative estimate of drug-likeness (QED) is 0.449. The standard InChI is InChI=1S/C24H25N7O4/c1-25-24(34)21-20(18(11-27-30-21)29-23(33)13-6-7-13)28-16-5-3-4-15(22(16)35-2)17-10-19(32)31(12-26-17)14-8-9-14/h3-5,10-14H,6-9H2,1-2H3,(H,25,34)(H,27,28)(H,29,30,33)/i1D3. The van der Waals surface area contributed by atoms with Crippen molar-refractivity contribution in [2.45, 2.75) is 31.7 Å². The van der Waals surface area contributed by atoms with Crippen molar-refractivity contribution in [1.82, 2.24) is 25.1 Å². The van der Waals surface area contributed by atoms with Crippen LogP contribution in [0.1, 0.15) is 46.3 Å². The fourth-order valence-electron chi connectivity index (χ4n) is 3.78. The van der Waals surface area contributed by atoms with Crippen LogP contribution in [0, 0.1) is 5.92 Å². The number of hydrogen-bond donors (Lipinski definition) is 3. The highest BCUT2D eigenvalue weighted by atomic mass is 16.5. The summed E-state index contributed by atoms with van der Waals surface area (Å²) < 4.78 is 29.4. The van der Waals surface area contributed by atoms with Crippen molar-refractivity contribution in [1.29, 1.82) is 0 Å². The number of nitrogens with one attached hydrogen (secondary N) is 3. The highest BCUT2D eigenvalue weighted by Gasteiger charge is 2.31. The number of hydrogen-bond acceptors (Lipinski definition) is 8. The fraction of sp³-hybridized carbons (Fsp3) is 0.333. The van der Waals surface area contributed by atoms with Crippen molar-refractivity contribution in [3.63, 3.8) is 0 Å². The largest absolute Gasteiger partial charge is 0.494 e. The molecule has 5 rings (SSSR count). The Morgan fingerprint density at radius 2 is 2.03 bits per heavy atom. The molecule has 0 bridgehead atoms. The van der Waals surface area contributed by atoms with Crippen LogP contribution in [0.5, 0.6) is 5.75 Å². The van der Waals surface area contributed by atoms with Gasteiger partial charge in [0.1, 0.15) is 0 Å². The maximum Gasteiger partial charge on any atom is 0.273 e. The van der Waals surface area contributed by atoms with Gasteiger partial charge in [-0.05, 0) is 37.8 Å². The van der Waals surface area contributed by atoms with Crippen molar-refractivity contribution >= 4 is 28.9 Å². The van der Waals surface area contributed by atoms with Gasteiger partial charge in [0.05, 0.1) is 42.4 Å². The zero-order valence-corrected chi connectivity index (χ0v) is 18.9. The van der Waals surface area contributed by atoms with E-state index in [1.54, 1.807) is 22.8 Å². The normalized spacial score (nSPS) is 16.4. The van der Waals surface area contributed by atoms with Crippen LogP contribution in [0.2, 0.25) is 0 Å². The van der Waals surface area contributed by atoms with Crippen molar-refractivity contribution in [3.8, 4) is 17.0 Å². The Kier molecular flexibility index (Phi) is 4.99. The van der Waals surface area contributed by atoms with E-state index >= 15 is 0 Å². The Morgan fingerprint density at radius 1 is 1.20 bits per heavy atom. The Hall–Kier alpha value is -4.28. The number of benzene rings is 1. The third-order valence-corrected chi connectivity index (χ3v) is 5.92. The van der Waals surface area contributed by atoms with E-state index in [0.717, 1.165) is 25.7 Å². The van der Waals surface area contributed by atoms with Gasteiger partial charge >= 0.3 is 0 Å². The average molecular weight is 479 g/mol. The number of rotatable bonds is 8. The number of carbonyl (C=O) groups excluding carboxylic acids is 2. The molecule has 11 nitrogen and oxygen atoms in total. The number of carbonyl (C=O) groups is 2. The number of nitrogens with zero attached hydrogens (tertiary/aromatic N) is 4. The van der Waals surface area contributed by atoms with Crippen molar-refractivity contribution < 1.29 is 18.4 Å². The molecule has 2 amide bonds. The second-order valence-electron chi connectivity index (χ2n) is 8.46. The topological polar surface area (TPSA) is 140 Å². The molecule has 3 aromatic rings. The smallest absolute Gasteiger partial charge is 0.273 e. The number of aromatic nitrogens is 4. The summed E-state index contributed by atoms with van der Waals surface area (Å²) in [5.41, 5.74) is 0.918. The van der Waals surface area contributed by atoms with Crippen LogP contribution in [0.4, 0.5) is 17.1 Å². The van der Waals surface area contributed by atoms with E-state index in [-0.39, 0.29) is 40.5 Å². The van der Waals surface area contributed by atoms with Crippen LogP contribution < -0.4 is 26.2 Å². The van der Waals surface area contributed by atoms with Gasteiger partial charge in [0.15, 0.2) is 11.4 Å². The fourth-order valence-corrected chi connectivity index (χ4v) is 3.78. The molecule has 0 saturated heterocycles. The summed E-state index contributed by atoms with van der Waals surface area (Å²) in [5.74, 6) is -1.09. The van der Waals surface area contributed by atoms with E-state index in [9.17, 15) is 14.4 Å². The van der Waals surface area contributed by atoms with Crippen LogP contribution >= 0.6 is 0 Å². The Morgan fingerprint density at radius 3 is 2.71 bits per heavy atom. The van der Waals surface area contributed by atoms with E-state index < -0.39 is 12.9 Å². The molecule has 2 fully saturated rings. The van der Waals surface area contributed by atoms with Crippen molar-refractivity contribution in [2.75, 3.05) is 24.7 Å². The van der Waals surface area contributed by atoms with Gasteiger partial charge in [-0.1, -0.05) is 6.07 Å². The molecule has 0 aliphatic heterocycles. The monoisotopic (exact) mass is 478 g/mol. The van der Waals surface area contributed by atoms with Gasteiger partial charge in [0.25, 0.3) is 11.5 Å². The first kappa shape index (κ1) is 19.1. The van der Waals surface area contributed by atoms with Gasteiger partial charge in [-0.25, -0.2) is 4.98 Å². The van der Waals surface area contributed by atoms with Gasteiger partial charge in [-0.3, -0.25) is 19.0 Å². The minimum Gasteiger partial charge on any atom is -0.494 e. The first-order valence-corrected chi connectivity index (χ1v) is 11.2. The second kappa shape index (κ2) is 9.16. The van der Waals surface area contributed by atoms with E-state index in [1.165, 1.54) is 25.7 Å². The summed E-state index contributed by atoms with van der Waals surface area (Å²) in [5, 5.41) is 15.3. The highest BCUT2D eigenvalue weighted by Crippen LogP contribution is 2.40. The van der Waals surface area contributed by atoms with Gasteiger partial charge in [0.2, 0.25) is 5.91 Å². The van der Waals surface area contributed by atoms with E-state index in [1.807, 2.05) is 5.32 Å². The summed E-state index contributed by atoms with van der Waals surface area (Å²) in [6.07, 6.45) is 6.18. The third-order valence-electron chi connectivity index (χ3n) is 5.92. The molecule has 180 valence electrons. The molecule has 0 spiro atoms. The summed E-state index contributed by atoms with van der Waals surface area (Å²) in [6, 6.07) is 6.71. The minimum atomic E-state index is -2.77. The Labute approximate surface area is 205 Å². The second-order valence-corrected chi connectivity index (χ2v) is 8.46. The Balaban J connectivity index is 1.55. The van der Waals surface area contributed by atoms with E-state index in [0.29, 0.717) is 22.7 Å². The lowest BCUT2D eigenvalue weighted by Crippen LogP contribution is -2.23. The summed E-state index contributed by atoms with van der Waals surface area (Å²) in [4.78, 5) is 42.4. The molecule has 0 atom stereocenters. The molecule has 35 heavy (non-hydrogen) atoms. The lowest BCUT2D eigenvalue weighted by Gasteiger charge is -2.18. The summed E-state index contributed by atoms with van der Waals surface area (Å²) in [6.45, 7) is -2.77. The first-order valence-electron chi connectivity index (χ1n) is 12.7. The molecule has 2 aromatic heterocycles. The number of ether oxygens (including phenoxy) is 1. The molecule has 2 aliphatic rings. The zero-order chi connectivity index (χ0) is 27.0. The van der Waals surface area contributed by atoms with Crippen molar-refractivity contribution in [2.24, 2.45) is 5.92 Å². The molecule has 11 heteroatoms. The van der Waals surface area contributed by atoms with Gasteiger partial charge in [-0.2, -0.15) is 5.10 Å². The molecular weight excluding hydrogens is 450 g/mol. The first-order chi connectivity index (χ1) is 18.1. The highest BCUT2D eigenvalue weighted by molar-refractivity contribution is 6.05. The van der Waals surface area contributed by atoms with E-state index in [2.05, 4.69) is 25.8 Å². The van der Waals surface area contributed by atoms with Crippen molar-refractivity contribution in [3.05, 3.63) is 52.8 Å². The molecule has 1 aromatic carbocycles. The van der Waals surface area contributed by atoms with Crippen LogP contribution in [-0.2, 0) is 4.79 Å². The third kappa shape index (κ3) is 4.57. The Bertz CT molecular complexity index is 1470. The zero-order valence-electron chi connectivity index (χ0n) is 21.9. The number of amides is 2. The SMILES string of the molecule is [2H]C([2H])([2H])NC(=O)c1nncc(NC(=O)C2CC2)c1Nc1cccc(-c2cc(=O)n(C3CC3)cn2)c1OC. The molecule has 2 aliphatic carbocycles. The summed E-state index contributed by atoms with van der Waals surface area (Å²) in [7, 11) is 1.44. The van der Waals surface area contributed by atoms with Crippen LogP contribution in [0.3, 0.4) is 0 Å². The minimum absolute atomic E-state index is 0.0308. The number of para-hydroxylation sites is 1. The van der Waals surface area contributed by atoms with E-state index in [4.69, 9.17) is 8.85 Å². The molecule has 0 radical (unpaired) electrons. The predicted molar refractivity (Wildman–Crippen MR) is 129 cm³/mol. The maximum atomic E-state index is 12.8. The van der Waals surface area contributed by atoms with Crippen LogP contribution in [0.25, 0.3) is 11.3 Å². The molecule has 2 heterocycles. The molecule has 2 saturated carbocycles.